The second-order valence-corrected chi connectivity index (χ2v) is 11.0. The number of anilines is 1. The van der Waals surface area contributed by atoms with Crippen molar-refractivity contribution in [2.24, 2.45) is 5.92 Å². The summed E-state index contributed by atoms with van der Waals surface area (Å²) in [6.07, 6.45) is -0.349. The van der Waals surface area contributed by atoms with Gasteiger partial charge in [0.25, 0.3) is 0 Å². The van der Waals surface area contributed by atoms with E-state index in [4.69, 9.17) is 69.6 Å². The van der Waals surface area contributed by atoms with Gasteiger partial charge in [0.1, 0.15) is 16.0 Å². The zero-order valence-electron chi connectivity index (χ0n) is 17.3. The van der Waals surface area contributed by atoms with Crippen molar-refractivity contribution < 1.29 is 18.4 Å². The molecule has 182 valence electrons. The Morgan fingerprint density at radius 2 is 1.54 bits per heavy atom. The quantitative estimate of drug-likeness (QED) is 0.176. The zero-order valence-corrected chi connectivity index (χ0v) is 21.9. The number of alkyl halides is 2. The highest BCUT2D eigenvalue weighted by Gasteiger charge is 2.67. The van der Waals surface area contributed by atoms with Crippen LogP contribution in [0, 0.1) is 17.6 Å². The molecular weight excluding hydrogens is 585 g/mol. The SMILES string of the molecule is O=C(Cc1ccc(F)cc1F)c1cc(NC(=O)[C@@H]2[C@@H](c3cc(Cl)c(Cl)c(Cl)c3)C2(Cl)Cl)ccc1Cl. The molecule has 35 heavy (non-hydrogen) atoms. The lowest BCUT2D eigenvalue weighted by molar-refractivity contribution is -0.117. The molecule has 0 bridgehead atoms. The van der Waals surface area contributed by atoms with Gasteiger partial charge in [-0.1, -0.05) is 52.5 Å². The summed E-state index contributed by atoms with van der Waals surface area (Å²) in [5.41, 5.74) is 0.865. The van der Waals surface area contributed by atoms with Crippen LogP contribution >= 0.6 is 69.6 Å². The molecule has 1 aliphatic rings. The van der Waals surface area contributed by atoms with Crippen LogP contribution in [-0.2, 0) is 11.2 Å². The van der Waals surface area contributed by atoms with Crippen molar-refractivity contribution in [3.8, 4) is 0 Å². The summed E-state index contributed by atoms with van der Waals surface area (Å²) >= 11 is 37.1. The van der Waals surface area contributed by atoms with Gasteiger partial charge in [-0.3, -0.25) is 9.59 Å². The second-order valence-electron chi connectivity index (χ2n) is 7.95. The summed E-state index contributed by atoms with van der Waals surface area (Å²) < 4.78 is 25.7. The maximum atomic E-state index is 14.0. The van der Waals surface area contributed by atoms with Gasteiger partial charge in [-0.05, 0) is 47.5 Å². The summed E-state index contributed by atoms with van der Waals surface area (Å²) in [6.45, 7) is 0. The monoisotopic (exact) mass is 595 g/mol. The number of carbonyl (C=O) groups is 2. The fraction of sp³-hybridized carbons (Fsp3) is 0.167. The minimum atomic E-state index is -1.42. The molecule has 0 radical (unpaired) electrons. The van der Waals surface area contributed by atoms with Crippen molar-refractivity contribution in [1.82, 2.24) is 0 Å². The van der Waals surface area contributed by atoms with E-state index in [0.717, 1.165) is 6.07 Å². The van der Waals surface area contributed by atoms with Crippen LogP contribution < -0.4 is 5.32 Å². The molecule has 0 aliphatic heterocycles. The van der Waals surface area contributed by atoms with Gasteiger partial charge in [-0.2, -0.15) is 0 Å². The average molecular weight is 598 g/mol. The number of rotatable bonds is 6. The summed E-state index contributed by atoms with van der Waals surface area (Å²) in [4.78, 5) is 25.7. The highest BCUT2D eigenvalue weighted by molar-refractivity contribution is 6.54. The highest BCUT2D eigenvalue weighted by atomic mass is 35.5. The molecule has 0 heterocycles. The van der Waals surface area contributed by atoms with E-state index in [1.54, 1.807) is 12.1 Å². The summed E-state index contributed by atoms with van der Waals surface area (Å²) in [5.74, 6) is -4.07. The minimum absolute atomic E-state index is 0.0112. The first-order valence-electron chi connectivity index (χ1n) is 10.00. The van der Waals surface area contributed by atoms with E-state index in [2.05, 4.69) is 5.32 Å². The van der Waals surface area contributed by atoms with E-state index >= 15 is 0 Å². The summed E-state index contributed by atoms with van der Waals surface area (Å²) in [5, 5.41) is 3.34. The molecule has 4 rings (SSSR count). The van der Waals surface area contributed by atoms with E-state index in [0.29, 0.717) is 11.6 Å². The normalized spacial score (nSPS) is 18.3. The van der Waals surface area contributed by atoms with Gasteiger partial charge in [0.15, 0.2) is 5.78 Å². The van der Waals surface area contributed by atoms with E-state index < -0.39 is 39.5 Å². The third-order valence-electron chi connectivity index (χ3n) is 5.60. The van der Waals surface area contributed by atoms with Gasteiger partial charge in [-0.15, -0.1) is 23.2 Å². The molecule has 0 unspecified atom stereocenters. The lowest BCUT2D eigenvalue weighted by Gasteiger charge is -2.10. The average Bonchev–Trinajstić information content (AvgIpc) is 3.37. The number of ketones is 1. The lowest BCUT2D eigenvalue weighted by atomic mass is 10.0. The topological polar surface area (TPSA) is 46.2 Å². The minimum Gasteiger partial charge on any atom is -0.326 e. The van der Waals surface area contributed by atoms with Crippen molar-refractivity contribution in [3.63, 3.8) is 0 Å². The van der Waals surface area contributed by atoms with Crippen molar-refractivity contribution in [3.05, 3.63) is 96.9 Å². The number of Topliss-reactive ketones (excluding diaryl/α,β-unsaturated/α-hetero) is 1. The van der Waals surface area contributed by atoms with Gasteiger partial charge in [-0.25, -0.2) is 8.78 Å². The molecule has 1 fully saturated rings. The number of benzene rings is 3. The van der Waals surface area contributed by atoms with Crippen LogP contribution in [0.4, 0.5) is 14.5 Å². The van der Waals surface area contributed by atoms with Crippen LogP contribution in [-0.4, -0.2) is 16.0 Å². The molecule has 3 nitrogen and oxygen atoms in total. The fourth-order valence-corrected chi connectivity index (χ4v) is 5.46. The molecule has 3 aromatic rings. The largest absolute Gasteiger partial charge is 0.326 e. The molecule has 1 saturated carbocycles. The molecule has 3 aromatic carbocycles. The number of nitrogens with one attached hydrogen (secondary N) is 1. The molecule has 11 heteroatoms. The van der Waals surface area contributed by atoms with Crippen molar-refractivity contribution >= 4 is 87.0 Å². The van der Waals surface area contributed by atoms with Crippen LogP contribution in [0.25, 0.3) is 0 Å². The maximum Gasteiger partial charge on any atom is 0.231 e. The number of halogens is 8. The lowest BCUT2D eigenvalue weighted by Crippen LogP contribution is -2.17. The van der Waals surface area contributed by atoms with E-state index in [-0.39, 0.29) is 43.3 Å². The standard InChI is InChI=1S/C24H13Cl6F2NO2/c25-15-4-3-13(9-14(15)19(34)7-10-1-2-12(31)8-18(10)32)33-23(35)21-20(24(21,29)30)11-5-16(26)22(28)17(27)6-11/h1-6,8-9,20-21H,7H2,(H,33,35)/t20-,21+/m1/s1. The van der Waals surface area contributed by atoms with Gasteiger partial charge in [0.2, 0.25) is 5.91 Å². The predicted octanol–water partition coefficient (Wildman–Crippen LogP) is 8.53. The molecule has 1 N–H and O–H groups in total. The van der Waals surface area contributed by atoms with Gasteiger partial charge >= 0.3 is 0 Å². The van der Waals surface area contributed by atoms with Crippen LogP contribution in [0.2, 0.25) is 20.1 Å². The summed E-state index contributed by atoms with van der Waals surface area (Å²) in [6, 6.07) is 10.3. The van der Waals surface area contributed by atoms with Crippen molar-refractivity contribution in [2.45, 2.75) is 16.7 Å². The van der Waals surface area contributed by atoms with Crippen LogP contribution in [0.5, 0.6) is 0 Å². The van der Waals surface area contributed by atoms with Crippen molar-refractivity contribution in [2.75, 3.05) is 5.32 Å². The molecule has 0 saturated heterocycles. The number of amides is 1. The van der Waals surface area contributed by atoms with E-state index in [1.165, 1.54) is 24.3 Å². The molecule has 0 spiro atoms. The van der Waals surface area contributed by atoms with E-state index in [1.807, 2.05) is 0 Å². The molecule has 1 amide bonds. The smallest absolute Gasteiger partial charge is 0.231 e. The Morgan fingerprint density at radius 3 is 2.17 bits per heavy atom. The van der Waals surface area contributed by atoms with Crippen molar-refractivity contribution in [1.29, 1.82) is 0 Å². The highest BCUT2D eigenvalue weighted by Crippen LogP contribution is 2.65. The molecule has 1 aliphatic carbocycles. The number of hydrogen-bond donors (Lipinski definition) is 1. The van der Waals surface area contributed by atoms with Crippen LogP contribution in [0.15, 0.2) is 48.5 Å². The third-order valence-corrected chi connectivity index (χ3v) is 8.07. The van der Waals surface area contributed by atoms with Gasteiger partial charge < -0.3 is 5.32 Å². The number of hydrogen-bond acceptors (Lipinski definition) is 2. The fourth-order valence-electron chi connectivity index (χ4n) is 3.79. The zero-order chi connectivity index (χ0) is 25.7. The third kappa shape index (κ3) is 5.41. The Morgan fingerprint density at radius 1 is 0.886 bits per heavy atom. The van der Waals surface area contributed by atoms with Crippen LogP contribution in [0.3, 0.4) is 0 Å². The summed E-state index contributed by atoms with van der Waals surface area (Å²) in [7, 11) is 0. The van der Waals surface area contributed by atoms with Gasteiger partial charge in [0, 0.05) is 29.7 Å². The van der Waals surface area contributed by atoms with Gasteiger partial charge in [0.05, 0.1) is 26.0 Å². The van der Waals surface area contributed by atoms with Crippen LogP contribution in [0.1, 0.15) is 27.4 Å². The maximum absolute atomic E-state index is 14.0. The first-order valence-corrected chi connectivity index (χ1v) is 12.3. The molecule has 2 atom stereocenters. The Labute approximate surface area is 229 Å². The second kappa shape index (κ2) is 10.0. The predicted molar refractivity (Wildman–Crippen MR) is 137 cm³/mol. The Bertz CT molecular complexity index is 1340. The first kappa shape index (κ1) is 26.5. The Hall–Kier alpha value is -1.60. The molecule has 0 aromatic heterocycles. The Kier molecular flexibility index (Phi) is 7.59. The molecular formula is C24H13Cl6F2NO2. The Balaban J connectivity index is 1.52. The number of carbonyl (C=O) groups excluding carboxylic acids is 2. The first-order chi connectivity index (χ1) is 16.4. The van der Waals surface area contributed by atoms with E-state index in [9.17, 15) is 18.4 Å².